The molecule has 8 heteroatoms. The van der Waals surface area contributed by atoms with Crippen LogP contribution in [0.3, 0.4) is 0 Å². The van der Waals surface area contributed by atoms with Crippen LogP contribution < -0.4 is 11.2 Å². The average molecular weight is 301 g/mol. The molecule has 6 nitrogen and oxygen atoms in total. The SMILES string of the molecule is COC1=CC(OC)=NN(C(F)c2cccc(Cl)c2N)N1. The molecule has 1 atom stereocenters. The van der Waals surface area contributed by atoms with Crippen LogP contribution in [0.4, 0.5) is 10.1 Å². The van der Waals surface area contributed by atoms with Crippen LogP contribution in [0.2, 0.25) is 5.02 Å². The average Bonchev–Trinajstić information content (AvgIpc) is 2.48. The molecule has 1 aliphatic heterocycles. The number of alkyl halides is 1. The summed E-state index contributed by atoms with van der Waals surface area (Å²) in [6.07, 6.45) is -0.164. The Balaban J connectivity index is 2.29. The molecule has 0 fully saturated rings. The summed E-state index contributed by atoms with van der Waals surface area (Å²) >= 11 is 5.88. The highest BCUT2D eigenvalue weighted by Crippen LogP contribution is 2.32. The van der Waals surface area contributed by atoms with Gasteiger partial charge in [0.15, 0.2) is 0 Å². The van der Waals surface area contributed by atoms with Crippen molar-refractivity contribution < 1.29 is 13.9 Å². The zero-order valence-electron chi connectivity index (χ0n) is 10.9. The molecule has 1 unspecified atom stereocenters. The van der Waals surface area contributed by atoms with Gasteiger partial charge in [0.05, 0.1) is 31.0 Å². The molecular formula is C12H14ClFN4O2. The van der Waals surface area contributed by atoms with Gasteiger partial charge in [-0.05, 0) is 6.07 Å². The van der Waals surface area contributed by atoms with E-state index in [2.05, 4.69) is 10.5 Å². The first kappa shape index (κ1) is 14.3. The van der Waals surface area contributed by atoms with Gasteiger partial charge in [0.1, 0.15) is 0 Å². The molecule has 3 N–H and O–H groups in total. The Morgan fingerprint density at radius 2 is 2.15 bits per heavy atom. The number of nitrogens with two attached hydrogens (primary N) is 1. The number of anilines is 1. The van der Waals surface area contributed by atoms with E-state index in [1.165, 1.54) is 26.4 Å². The summed E-state index contributed by atoms with van der Waals surface area (Å²) in [5, 5.41) is 5.15. The summed E-state index contributed by atoms with van der Waals surface area (Å²) in [7, 11) is 2.86. The minimum atomic E-state index is -1.65. The molecule has 0 aromatic heterocycles. The minimum Gasteiger partial charge on any atom is -0.481 e. The van der Waals surface area contributed by atoms with Crippen LogP contribution in [0.5, 0.6) is 0 Å². The largest absolute Gasteiger partial charge is 0.481 e. The van der Waals surface area contributed by atoms with Crippen LogP contribution in [-0.2, 0) is 9.47 Å². The number of benzene rings is 1. The molecule has 1 aromatic carbocycles. The lowest BCUT2D eigenvalue weighted by Crippen LogP contribution is -2.39. The van der Waals surface area contributed by atoms with E-state index in [1.54, 1.807) is 12.1 Å². The second kappa shape index (κ2) is 5.87. The molecule has 2 rings (SSSR count). The minimum absolute atomic E-state index is 0.158. The number of ether oxygens (including phenoxy) is 2. The Kier molecular flexibility index (Phi) is 4.19. The Morgan fingerprint density at radius 3 is 2.80 bits per heavy atom. The quantitative estimate of drug-likeness (QED) is 0.661. The highest BCUT2D eigenvalue weighted by molar-refractivity contribution is 6.33. The third-order valence-electron chi connectivity index (χ3n) is 2.67. The van der Waals surface area contributed by atoms with Gasteiger partial charge in [-0.2, -0.15) is 5.12 Å². The molecule has 1 heterocycles. The number of nitrogens with zero attached hydrogens (tertiary/aromatic N) is 2. The number of hydrogen-bond acceptors (Lipinski definition) is 6. The van der Waals surface area contributed by atoms with Crippen LogP contribution in [0, 0.1) is 0 Å². The Morgan fingerprint density at radius 1 is 1.40 bits per heavy atom. The highest BCUT2D eigenvalue weighted by atomic mass is 35.5. The first-order valence-electron chi connectivity index (χ1n) is 5.69. The zero-order chi connectivity index (χ0) is 14.7. The number of hydrazone groups is 1. The molecule has 0 saturated heterocycles. The smallest absolute Gasteiger partial charge is 0.238 e. The van der Waals surface area contributed by atoms with Gasteiger partial charge >= 0.3 is 0 Å². The van der Waals surface area contributed by atoms with E-state index < -0.39 is 6.30 Å². The normalized spacial score (nSPS) is 15.9. The van der Waals surface area contributed by atoms with Crippen molar-refractivity contribution in [3.05, 3.63) is 40.7 Å². The molecule has 108 valence electrons. The molecule has 0 radical (unpaired) electrons. The molecule has 0 spiro atoms. The molecule has 0 amide bonds. The Bertz CT molecular complexity index is 564. The third kappa shape index (κ3) is 2.72. The summed E-state index contributed by atoms with van der Waals surface area (Å²) in [6.45, 7) is 0. The zero-order valence-corrected chi connectivity index (χ0v) is 11.7. The maximum atomic E-state index is 14.6. The van der Waals surface area contributed by atoms with Crippen molar-refractivity contribution in [2.45, 2.75) is 6.30 Å². The summed E-state index contributed by atoms with van der Waals surface area (Å²) in [5.74, 6) is 0.490. The Labute approximate surface area is 120 Å². The van der Waals surface area contributed by atoms with E-state index >= 15 is 0 Å². The molecule has 1 aromatic rings. The summed E-state index contributed by atoms with van der Waals surface area (Å²) < 4.78 is 24.6. The van der Waals surface area contributed by atoms with Gasteiger partial charge < -0.3 is 15.2 Å². The standard InChI is InChI=1S/C12H14ClFN4O2/c1-19-9-6-10(20-2)17-18(16-9)12(14)7-4-3-5-8(13)11(7)15/h3-6,12,16H,15H2,1-2H3. The number of rotatable bonds is 3. The lowest BCUT2D eigenvalue weighted by Gasteiger charge is -2.28. The van der Waals surface area contributed by atoms with Crippen molar-refractivity contribution in [3.63, 3.8) is 0 Å². The van der Waals surface area contributed by atoms with Gasteiger partial charge in [-0.3, -0.25) is 0 Å². The number of nitrogen functional groups attached to an aromatic ring is 1. The predicted octanol–water partition coefficient (Wildman–Crippen LogP) is 2.16. The molecular weight excluding hydrogens is 287 g/mol. The predicted molar refractivity (Wildman–Crippen MR) is 74.2 cm³/mol. The first-order chi connectivity index (χ1) is 9.56. The van der Waals surface area contributed by atoms with Gasteiger partial charge in [-0.15, -0.1) is 5.10 Å². The van der Waals surface area contributed by atoms with E-state index in [0.717, 1.165) is 5.12 Å². The van der Waals surface area contributed by atoms with Crippen LogP contribution in [0.15, 0.2) is 35.3 Å². The van der Waals surface area contributed by atoms with E-state index in [1.807, 2.05) is 0 Å². The van der Waals surface area contributed by atoms with Gasteiger partial charge in [0, 0.05) is 5.56 Å². The first-order valence-corrected chi connectivity index (χ1v) is 6.06. The fraction of sp³-hybridized carbons (Fsp3) is 0.250. The summed E-state index contributed by atoms with van der Waals surface area (Å²) in [6, 6.07) is 4.72. The second-order valence-electron chi connectivity index (χ2n) is 3.89. The van der Waals surface area contributed by atoms with Crippen molar-refractivity contribution in [3.8, 4) is 0 Å². The lowest BCUT2D eigenvalue weighted by atomic mass is 10.1. The van der Waals surface area contributed by atoms with E-state index in [9.17, 15) is 4.39 Å². The maximum Gasteiger partial charge on any atom is 0.238 e. The molecule has 0 aliphatic carbocycles. The van der Waals surface area contributed by atoms with Gasteiger partial charge in [0.25, 0.3) is 0 Å². The summed E-state index contributed by atoms with van der Waals surface area (Å²) in [4.78, 5) is 0. The van der Waals surface area contributed by atoms with Crippen LogP contribution in [-0.4, -0.2) is 25.2 Å². The van der Waals surface area contributed by atoms with E-state index in [4.69, 9.17) is 26.8 Å². The summed E-state index contributed by atoms with van der Waals surface area (Å²) in [5.41, 5.74) is 8.77. The van der Waals surface area contributed by atoms with Gasteiger partial charge in [0.2, 0.25) is 18.1 Å². The van der Waals surface area contributed by atoms with Crippen LogP contribution >= 0.6 is 11.6 Å². The topological polar surface area (TPSA) is 72.1 Å². The second-order valence-corrected chi connectivity index (χ2v) is 4.30. The number of para-hydroxylation sites is 1. The number of nitrogens with one attached hydrogen (secondary N) is 1. The van der Waals surface area contributed by atoms with Crippen molar-refractivity contribution in [2.24, 2.45) is 5.10 Å². The number of hydrogen-bond donors (Lipinski definition) is 2. The molecule has 0 saturated carbocycles. The van der Waals surface area contributed by atoms with Crippen LogP contribution in [0.1, 0.15) is 11.9 Å². The van der Waals surface area contributed by atoms with Crippen molar-refractivity contribution in [2.75, 3.05) is 20.0 Å². The molecule has 1 aliphatic rings. The van der Waals surface area contributed by atoms with E-state index in [0.29, 0.717) is 5.88 Å². The number of halogens is 2. The Hall–Kier alpha value is -2.15. The molecule has 20 heavy (non-hydrogen) atoms. The number of hydrazine groups is 1. The monoisotopic (exact) mass is 300 g/mol. The van der Waals surface area contributed by atoms with Crippen molar-refractivity contribution in [1.82, 2.24) is 10.5 Å². The van der Waals surface area contributed by atoms with Gasteiger partial charge in [-0.1, -0.05) is 23.7 Å². The van der Waals surface area contributed by atoms with Gasteiger partial charge in [-0.25, -0.2) is 9.82 Å². The van der Waals surface area contributed by atoms with Crippen molar-refractivity contribution >= 4 is 23.2 Å². The van der Waals surface area contributed by atoms with Crippen molar-refractivity contribution in [1.29, 1.82) is 0 Å². The fourth-order valence-electron chi connectivity index (χ4n) is 1.62. The third-order valence-corrected chi connectivity index (χ3v) is 3.00. The fourth-order valence-corrected chi connectivity index (χ4v) is 1.80. The lowest BCUT2D eigenvalue weighted by molar-refractivity contribution is 0.0179. The molecule has 0 bridgehead atoms. The maximum absolute atomic E-state index is 14.6. The number of methoxy groups -OCH3 is 2. The highest BCUT2D eigenvalue weighted by Gasteiger charge is 2.26. The van der Waals surface area contributed by atoms with E-state index in [-0.39, 0.29) is 22.2 Å². The van der Waals surface area contributed by atoms with Crippen LogP contribution in [0.25, 0.3) is 0 Å².